The molecule has 0 spiro atoms. The number of halogens is 1. The number of nitrogens with zero attached hydrogens (tertiary/aromatic N) is 4. The molecule has 0 saturated carbocycles. The first-order valence-corrected chi connectivity index (χ1v) is 12.1. The van der Waals surface area contributed by atoms with Gasteiger partial charge in [0, 0.05) is 36.2 Å². The molecule has 11 heteroatoms. The summed E-state index contributed by atoms with van der Waals surface area (Å²) in [5, 5.41) is -0.347. The molecule has 0 unspecified atom stereocenters. The summed E-state index contributed by atoms with van der Waals surface area (Å²) in [6, 6.07) is 5.60. The highest BCUT2D eigenvalue weighted by Crippen LogP contribution is 2.45. The first kappa shape index (κ1) is 22.1. The Morgan fingerprint density at radius 1 is 0.844 bits per heavy atom. The van der Waals surface area contributed by atoms with Crippen LogP contribution in [0, 0.1) is 0 Å². The van der Waals surface area contributed by atoms with Gasteiger partial charge in [0.15, 0.2) is 0 Å². The highest BCUT2D eigenvalue weighted by molar-refractivity contribution is 9.10. The fraction of sp³-hybridized carbons (Fsp3) is 0.476. The average Bonchev–Trinajstić information content (AvgIpc) is 3.22. The van der Waals surface area contributed by atoms with E-state index in [9.17, 15) is 14.4 Å². The van der Waals surface area contributed by atoms with Crippen LogP contribution in [0.2, 0.25) is 0 Å². The molecule has 0 N–H and O–H groups in total. The smallest absolute Gasteiger partial charge is 0.294 e. The molecule has 32 heavy (non-hydrogen) atoms. The van der Waals surface area contributed by atoms with Gasteiger partial charge in [0.05, 0.1) is 55.9 Å². The molecule has 3 fully saturated rings. The minimum absolute atomic E-state index is 0.206. The van der Waals surface area contributed by atoms with Gasteiger partial charge in [-0.25, -0.2) is 0 Å². The van der Waals surface area contributed by atoms with Crippen LogP contribution in [0.4, 0.5) is 10.5 Å². The highest BCUT2D eigenvalue weighted by atomic mass is 79.9. The van der Waals surface area contributed by atoms with Crippen LogP contribution in [0.15, 0.2) is 27.6 Å². The van der Waals surface area contributed by atoms with E-state index >= 15 is 0 Å². The number of amides is 3. The molecule has 4 heterocycles. The lowest BCUT2D eigenvalue weighted by atomic mass is 10.1. The molecule has 1 aromatic carbocycles. The summed E-state index contributed by atoms with van der Waals surface area (Å²) in [4.78, 5) is 46.9. The number of anilines is 1. The summed E-state index contributed by atoms with van der Waals surface area (Å²) in [6.07, 6.45) is 0. The maximum absolute atomic E-state index is 13.6. The van der Waals surface area contributed by atoms with E-state index in [-0.39, 0.29) is 22.7 Å². The molecule has 9 nitrogen and oxygen atoms in total. The maximum atomic E-state index is 13.6. The Labute approximate surface area is 198 Å². The average molecular weight is 523 g/mol. The number of imide groups is 1. The van der Waals surface area contributed by atoms with E-state index < -0.39 is 5.91 Å². The third-order valence-electron chi connectivity index (χ3n) is 5.94. The Bertz CT molecular complexity index is 990. The fourth-order valence-electron chi connectivity index (χ4n) is 4.22. The molecule has 0 aromatic heterocycles. The highest BCUT2D eigenvalue weighted by Gasteiger charge is 2.44. The van der Waals surface area contributed by atoms with Crippen LogP contribution in [-0.4, -0.2) is 97.7 Å². The van der Waals surface area contributed by atoms with Crippen LogP contribution >= 0.6 is 27.7 Å². The maximum Gasteiger partial charge on any atom is 0.294 e. The van der Waals surface area contributed by atoms with E-state index in [1.54, 1.807) is 4.90 Å². The Kier molecular flexibility index (Phi) is 6.37. The summed E-state index contributed by atoms with van der Waals surface area (Å²) in [6.45, 7) is 5.83. The molecule has 5 rings (SSSR count). The number of hydrogen-bond acceptors (Lipinski definition) is 8. The zero-order valence-corrected chi connectivity index (χ0v) is 19.8. The van der Waals surface area contributed by atoms with Crippen molar-refractivity contribution in [3.63, 3.8) is 0 Å². The molecule has 0 aliphatic carbocycles. The number of ether oxygens (including phenoxy) is 2. The lowest BCUT2D eigenvalue weighted by Gasteiger charge is -2.30. The summed E-state index contributed by atoms with van der Waals surface area (Å²) < 4.78 is 11.6. The summed E-state index contributed by atoms with van der Waals surface area (Å²) in [5.41, 5.74) is 1.73. The lowest BCUT2D eigenvalue weighted by molar-refractivity contribution is -0.125. The van der Waals surface area contributed by atoms with Crippen LogP contribution in [0.5, 0.6) is 0 Å². The van der Waals surface area contributed by atoms with Crippen molar-refractivity contribution >= 4 is 56.0 Å². The van der Waals surface area contributed by atoms with Crippen molar-refractivity contribution < 1.29 is 23.9 Å². The third-order valence-corrected chi connectivity index (χ3v) is 7.42. The van der Waals surface area contributed by atoms with E-state index in [4.69, 9.17) is 9.47 Å². The topological polar surface area (TPSA) is 82.6 Å². The summed E-state index contributed by atoms with van der Waals surface area (Å²) in [5.74, 6) is -0.657. The number of rotatable bonds is 4. The van der Waals surface area contributed by atoms with Gasteiger partial charge in [-0.15, -0.1) is 0 Å². The normalized spacial score (nSPS) is 25.2. The van der Waals surface area contributed by atoms with Crippen molar-refractivity contribution in [1.29, 1.82) is 0 Å². The van der Waals surface area contributed by atoms with Gasteiger partial charge >= 0.3 is 0 Å². The number of fused-ring (bicyclic) bond motifs is 1. The van der Waals surface area contributed by atoms with Gasteiger partial charge in [-0.3, -0.25) is 34.0 Å². The minimum Gasteiger partial charge on any atom is -0.379 e. The molecule has 0 bridgehead atoms. The second-order valence-electron chi connectivity index (χ2n) is 7.94. The molecule has 170 valence electrons. The second kappa shape index (κ2) is 9.24. The standard InChI is InChI=1S/C21H23BrN4O5S/c22-14-1-2-16-15(11-14)17(19(27)25(16)12-23-3-7-30-8-4-23)18-20(28)26(21(29)32-18)13-24-5-9-31-10-6-24/h1-2,11H,3-10,12-13H2/b18-17+. The van der Waals surface area contributed by atoms with Gasteiger partial charge in [0.1, 0.15) is 0 Å². The van der Waals surface area contributed by atoms with Crippen molar-refractivity contribution in [2.75, 3.05) is 70.8 Å². The van der Waals surface area contributed by atoms with E-state index in [0.29, 0.717) is 57.3 Å². The van der Waals surface area contributed by atoms with Crippen molar-refractivity contribution in [3.05, 3.63) is 33.1 Å². The number of hydrogen-bond donors (Lipinski definition) is 0. The van der Waals surface area contributed by atoms with Crippen molar-refractivity contribution in [3.8, 4) is 0 Å². The van der Waals surface area contributed by atoms with E-state index in [1.165, 1.54) is 4.90 Å². The Morgan fingerprint density at radius 3 is 2.06 bits per heavy atom. The van der Waals surface area contributed by atoms with Gasteiger partial charge in [-0.05, 0) is 30.0 Å². The van der Waals surface area contributed by atoms with E-state index in [0.717, 1.165) is 35.0 Å². The van der Waals surface area contributed by atoms with Crippen LogP contribution in [-0.2, 0) is 19.1 Å². The zero-order chi connectivity index (χ0) is 22.2. The first-order valence-electron chi connectivity index (χ1n) is 10.5. The summed E-state index contributed by atoms with van der Waals surface area (Å²) in [7, 11) is 0. The molecular formula is C21H23BrN4O5S. The van der Waals surface area contributed by atoms with E-state index in [2.05, 4.69) is 20.8 Å². The van der Waals surface area contributed by atoms with Crippen molar-refractivity contribution in [1.82, 2.24) is 14.7 Å². The van der Waals surface area contributed by atoms with Crippen LogP contribution in [0.3, 0.4) is 0 Å². The Balaban J connectivity index is 1.46. The Morgan fingerprint density at radius 2 is 1.44 bits per heavy atom. The van der Waals surface area contributed by atoms with E-state index in [1.807, 2.05) is 23.1 Å². The fourth-order valence-corrected chi connectivity index (χ4v) is 5.50. The largest absolute Gasteiger partial charge is 0.379 e. The number of morpholine rings is 2. The molecular weight excluding hydrogens is 500 g/mol. The number of carbonyl (C=O) groups is 3. The molecule has 1 aromatic rings. The number of thioether (sulfide) groups is 1. The van der Waals surface area contributed by atoms with Gasteiger partial charge in [0.25, 0.3) is 17.1 Å². The lowest BCUT2D eigenvalue weighted by Crippen LogP contribution is -2.45. The molecule has 4 aliphatic heterocycles. The predicted octanol–water partition coefficient (Wildman–Crippen LogP) is 1.78. The second-order valence-corrected chi connectivity index (χ2v) is 9.82. The Hall–Kier alpha value is -1.76. The van der Waals surface area contributed by atoms with Gasteiger partial charge in [-0.2, -0.15) is 0 Å². The van der Waals surface area contributed by atoms with Crippen LogP contribution in [0.1, 0.15) is 5.56 Å². The van der Waals surface area contributed by atoms with Gasteiger partial charge in [-0.1, -0.05) is 15.9 Å². The van der Waals surface area contributed by atoms with Crippen molar-refractivity contribution in [2.24, 2.45) is 0 Å². The molecule has 0 atom stereocenters. The number of benzene rings is 1. The number of carbonyl (C=O) groups excluding carboxylic acids is 3. The van der Waals surface area contributed by atoms with Gasteiger partial charge in [0.2, 0.25) is 0 Å². The zero-order valence-electron chi connectivity index (χ0n) is 17.4. The van der Waals surface area contributed by atoms with Crippen molar-refractivity contribution in [2.45, 2.75) is 0 Å². The van der Waals surface area contributed by atoms with Gasteiger partial charge < -0.3 is 9.47 Å². The summed E-state index contributed by atoms with van der Waals surface area (Å²) >= 11 is 4.33. The van der Waals surface area contributed by atoms with Crippen LogP contribution in [0.25, 0.3) is 5.57 Å². The quantitative estimate of drug-likeness (QED) is 0.553. The first-order chi connectivity index (χ1) is 15.5. The third kappa shape index (κ3) is 4.13. The molecule has 3 saturated heterocycles. The molecule has 4 aliphatic rings. The molecule has 3 amide bonds. The SMILES string of the molecule is O=C1S/C(=C2/C(=O)N(CN3CCOCC3)c3ccc(Br)cc32)C(=O)N1CN1CCOCC1. The molecule has 0 radical (unpaired) electrons. The monoisotopic (exact) mass is 522 g/mol. The van der Waals surface area contributed by atoms with Crippen LogP contribution < -0.4 is 4.90 Å². The minimum atomic E-state index is -0.408. The predicted molar refractivity (Wildman–Crippen MR) is 123 cm³/mol.